The van der Waals surface area contributed by atoms with Crippen LogP contribution < -0.4 is 11.1 Å². The normalized spacial score (nSPS) is 31.6. The van der Waals surface area contributed by atoms with Crippen molar-refractivity contribution in [3.05, 3.63) is 0 Å². The molecule has 2 fully saturated rings. The van der Waals surface area contributed by atoms with Crippen molar-refractivity contribution in [3.63, 3.8) is 0 Å². The SMILES string of the molecule is CC1CCCCN1CCCNC(=O)C1CCCCCC1N. The number of nitrogens with zero attached hydrogens (tertiary/aromatic N) is 1. The van der Waals surface area contributed by atoms with Gasteiger partial charge in [0.15, 0.2) is 0 Å². The second-order valence-corrected chi connectivity index (χ2v) is 6.93. The molecular weight excluding hydrogens is 262 g/mol. The van der Waals surface area contributed by atoms with Crippen LogP contribution in [0.4, 0.5) is 0 Å². The Kier molecular flexibility index (Phi) is 6.97. The minimum Gasteiger partial charge on any atom is -0.356 e. The van der Waals surface area contributed by atoms with Gasteiger partial charge in [-0.1, -0.05) is 25.7 Å². The molecule has 4 nitrogen and oxygen atoms in total. The summed E-state index contributed by atoms with van der Waals surface area (Å²) < 4.78 is 0. The predicted octanol–water partition coefficient (Wildman–Crippen LogP) is 2.27. The summed E-state index contributed by atoms with van der Waals surface area (Å²) in [6.07, 6.45) is 10.6. The van der Waals surface area contributed by atoms with Gasteiger partial charge < -0.3 is 16.0 Å². The lowest BCUT2D eigenvalue weighted by Crippen LogP contribution is -2.43. The maximum Gasteiger partial charge on any atom is 0.224 e. The third-order valence-electron chi connectivity index (χ3n) is 5.27. The van der Waals surface area contributed by atoms with E-state index in [2.05, 4.69) is 17.1 Å². The van der Waals surface area contributed by atoms with E-state index in [1.54, 1.807) is 0 Å². The van der Waals surface area contributed by atoms with E-state index in [0.29, 0.717) is 6.04 Å². The van der Waals surface area contributed by atoms with Crippen LogP contribution in [0, 0.1) is 5.92 Å². The second kappa shape index (κ2) is 8.74. The van der Waals surface area contributed by atoms with Crippen LogP contribution in [0.15, 0.2) is 0 Å². The molecule has 1 aliphatic carbocycles. The summed E-state index contributed by atoms with van der Waals surface area (Å²) in [5.41, 5.74) is 6.15. The quantitative estimate of drug-likeness (QED) is 0.604. The van der Waals surface area contributed by atoms with Gasteiger partial charge in [0.05, 0.1) is 5.92 Å². The smallest absolute Gasteiger partial charge is 0.224 e. The monoisotopic (exact) mass is 295 g/mol. The number of amides is 1. The molecule has 2 rings (SSSR count). The first-order valence-electron chi connectivity index (χ1n) is 8.96. The van der Waals surface area contributed by atoms with E-state index in [9.17, 15) is 4.79 Å². The Labute approximate surface area is 129 Å². The van der Waals surface area contributed by atoms with Gasteiger partial charge in [0.25, 0.3) is 0 Å². The average molecular weight is 295 g/mol. The first-order valence-corrected chi connectivity index (χ1v) is 8.96. The van der Waals surface area contributed by atoms with Crippen molar-refractivity contribution in [1.82, 2.24) is 10.2 Å². The van der Waals surface area contributed by atoms with Crippen LogP contribution in [0.3, 0.4) is 0 Å². The number of likely N-dealkylation sites (tertiary alicyclic amines) is 1. The standard InChI is InChI=1S/C17H33N3O/c1-14-8-5-6-12-20(14)13-7-11-19-17(21)15-9-3-2-4-10-16(15)18/h14-16H,2-13,18H2,1H3,(H,19,21). The largest absolute Gasteiger partial charge is 0.356 e. The lowest BCUT2D eigenvalue weighted by Gasteiger charge is -2.33. The van der Waals surface area contributed by atoms with Gasteiger partial charge in [0, 0.05) is 25.2 Å². The highest BCUT2D eigenvalue weighted by Gasteiger charge is 2.26. The van der Waals surface area contributed by atoms with E-state index < -0.39 is 0 Å². The zero-order valence-corrected chi connectivity index (χ0v) is 13.7. The van der Waals surface area contributed by atoms with Gasteiger partial charge >= 0.3 is 0 Å². The molecule has 2 aliphatic rings. The minimum atomic E-state index is 0.0430. The number of nitrogens with two attached hydrogens (primary N) is 1. The summed E-state index contributed by atoms with van der Waals surface area (Å²) in [4.78, 5) is 14.8. The Bertz CT molecular complexity index is 321. The molecule has 1 saturated heterocycles. The van der Waals surface area contributed by atoms with Crippen LogP contribution in [0.2, 0.25) is 0 Å². The van der Waals surface area contributed by atoms with Gasteiger partial charge in [0.1, 0.15) is 0 Å². The van der Waals surface area contributed by atoms with Crippen molar-refractivity contribution in [2.45, 2.75) is 76.8 Å². The molecular formula is C17H33N3O. The second-order valence-electron chi connectivity index (χ2n) is 6.93. The van der Waals surface area contributed by atoms with Crippen LogP contribution in [-0.2, 0) is 4.79 Å². The van der Waals surface area contributed by atoms with E-state index in [1.807, 2.05) is 0 Å². The number of piperidine rings is 1. The Morgan fingerprint density at radius 2 is 1.90 bits per heavy atom. The maximum atomic E-state index is 12.3. The molecule has 0 bridgehead atoms. The highest BCUT2D eigenvalue weighted by atomic mass is 16.1. The predicted molar refractivity (Wildman–Crippen MR) is 87.1 cm³/mol. The molecule has 0 aromatic rings. The van der Waals surface area contributed by atoms with Crippen molar-refractivity contribution in [1.29, 1.82) is 0 Å². The van der Waals surface area contributed by atoms with Crippen LogP contribution in [-0.4, -0.2) is 42.5 Å². The lowest BCUT2D eigenvalue weighted by atomic mass is 9.94. The number of carbonyl (C=O) groups is 1. The van der Waals surface area contributed by atoms with E-state index in [-0.39, 0.29) is 17.9 Å². The molecule has 1 aliphatic heterocycles. The van der Waals surface area contributed by atoms with Crippen molar-refractivity contribution in [2.75, 3.05) is 19.6 Å². The molecule has 1 saturated carbocycles. The zero-order chi connectivity index (χ0) is 15.1. The summed E-state index contributed by atoms with van der Waals surface area (Å²) in [6, 6.07) is 0.777. The van der Waals surface area contributed by atoms with Crippen molar-refractivity contribution < 1.29 is 4.79 Å². The maximum absolute atomic E-state index is 12.3. The average Bonchev–Trinajstić information content (AvgIpc) is 2.69. The van der Waals surface area contributed by atoms with Gasteiger partial charge in [-0.15, -0.1) is 0 Å². The summed E-state index contributed by atoms with van der Waals surface area (Å²) in [6.45, 7) is 5.45. The fourth-order valence-electron chi connectivity index (χ4n) is 3.78. The Morgan fingerprint density at radius 1 is 1.14 bits per heavy atom. The number of rotatable bonds is 5. The molecule has 122 valence electrons. The van der Waals surface area contributed by atoms with E-state index in [1.165, 1.54) is 38.6 Å². The van der Waals surface area contributed by atoms with Crippen molar-refractivity contribution >= 4 is 5.91 Å². The topological polar surface area (TPSA) is 58.4 Å². The number of hydrogen-bond acceptors (Lipinski definition) is 3. The fraction of sp³-hybridized carbons (Fsp3) is 0.941. The zero-order valence-electron chi connectivity index (χ0n) is 13.7. The molecule has 0 aromatic heterocycles. The van der Waals surface area contributed by atoms with Crippen LogP contribution in [0.25, 0.3) is 0 Å². The minimum absolute atomic E-state index is 0.0430. The third kappa shape index (κ3) is 5.26. The molecule has 0 aromatic carbocycles. The third-order valence-corrected chi connectivity index (χ3v) is 5.27. The molecule has 0 spiro atoms. The van der Waals surface area contributed by atoms with Gasteiger partial charge in [-0.05, 0) is 45.6 Å². The van der Waals surface area contributed by atoms with Crippen molar-refractivity contribution in [3.8, 4) is 0 Å². The van der Waals surface area contributed by atoms with Crippen molar-refractivity contribution in [2.24, 2.45) is 11.7 Å². The van der Waals surface area contributed by atoms with Gasteiger partial charge in [0.2, 0.25) is 5.91 Å². The molecule has 0 radical (unpaired) electrons. The number of carbonyl (C=O) groups excluding carboxylic acids is 1. The number of hydrogen-bond donors (Lipinski definition) is 2. The summed E-state index contributed by atoms with van der Waals surface area (Å²) >= 11 is 0. The molecule has 21 heavy (non-hydrogen) atoms. The van der Waals surface area contributed by atoms with E-state index in [4.69, 9.17) is 5.73 Å². The molecule has 1 heterocycles. The first-order chi connectivity index (χ1) is 10.2. The van der Waals surface area contributed by atoms with Crippen LogP contribution in [0.5, 0.6) is 0 Å². The summed E-state index contributed by atoms with van der Waals surface area (Å²) in [5, 5.41) is 3.12. The highest BCUT2D eigenvalue weighted by molar-refractivity contribution is 5.79. The Morgan fingerprint density at radius 3 is 2.71 bits per heavy atom. The highest BCUT2D eigenvalue weighted by Crippen LogP contribution is 2.22. The number of nitrogens with one attached hydrogen (secondary N) is 1. The molecule has 4 heteroatoms. The fourth-order valence-corrected chi connectivity index (χ4v) is 3.78. The first kappa shape index (κ1) is 16.8. The summed E-state index contributed by atoms with van der Waals surface area (Å²) in [7, 11) is 0. The van der Waals surface area contributed by atoms with Gasteiger partial charge in [-0.3, -0.25) is 4.79 Å². The molecule has 3 atom stereocenters. The van der Waals surface area contributed by atoms with E-state index in [0.717, 1.165) is 38.8 Å². The Hall–Kier alpha value is -0.610. The van der Waals surface area contributed by atoms with Gasteiger partial charge in [-0.2, -0.15) is 0 Å². The molecule has 1 amide bonds. The molecule has 3 N–H and O–H groups in total. The van der Waals surface area contributed by atoms with E-state index >= 15 is 0 Å². The summed E-state index contributed by atoms with van der Waals surface area (Å²) in [5.74, 6) is 0.234. The lowest BCUT2D eigenvalue weighted by molar-refractivity contribution is -0.125. The van der Waals surface area contributed by atoms with Crippen LogP contribution in [0.1, 0.15) is 64.7 Å². The molecule has 3 unspecified atom stereocenters. The van der Waals surface area contributed by atoms with Gasteiger partial charge in [-0.25, -0.2) is 0 Å². The Balaban J connectivity index is 1.64. The van der Waals surface area contributed by atoms with Crippen LogP contribution >= 0.6 is 0 Å².